The number of carbonyl (C=O) groups excluding carboxylic acids is 1. The highest BCUT2D eigenvalue weighted by molar-refractivity contribution is 7.98. The first-order chi connectivity index (χ1) is 11.0. The Hall–Kier alpha value is -1.98. The van der Waals surface area contributed by atoms with E-state index in [1.54, 1.807) is 13.0 Å². The van der Waals surface area contributed by atoms with Crippen LogP contribution in [0.5, 0.6) is 0 Å². The lowest BCUT2D eigenvalue weighted by molar-refractivity contribution is 0.107. The van der Waals surface area contributed by atoms with Gasteiger partial charge in [0.1, 0.15) is 17.0 Å². The van der Waals surface area contributed by atoms with E-state index < -0.39 is 11.1 Å². The molecule has 0 radical (unpaired) electrons. The molecule has 0 amide bonds. The van der Waals surface area contributed by atoms with Crippen molar-refractivity contribution >= 4 is 39.5 Å². The summed E-state index contributed by atoms with van der Waals surface area (Å²) < 4.78 is 14.3. The third kappa shape index (κ3) is 3.51. The van der Waals surface area contributed by atoms with Crippen molar-refractivity contribution in [2.75, 3.05) is 0 Å². The molecule has 0 saturated carbocycles. The molecule has 1 heterocycles. The van der Waals surface area contributed by atoms with Crippen LogP contribution in [0.4, 0.5) is 4.39 Å². The van der Waals surface area contributed by atoms with Crippen LogP contribution < -0.4 is 0 Å². The van der Waals surface area contributed by atoms with Crippen molar-refractivity contribution in [3.63, 3.8) is 0 Å². The standard InChI is InChI=1S/C17H12ClFN2OS/c1-10-20-15-13(16(21-10)17(18)22)7-12(8-14(15)19)23-9-11-5-3-2-4-6-11/h2-8H,9H2,1H3. The molecule has 0 spiro atoms. The van der Waals surface area contributed by atoms with Crippen LogP contribution in [0, 0.1) is 12.7 Å². The molecular formula is C17H12ClFN2OS. The molecule has 116 valence electrons. The van der Waals surface area contributed by atoms with Gasteiger partial charge in [0.15, 0.2) is 5.82 Å². The van der Waals surface area contributed by atoms with E-state index in [4.69, 9.17) is 11.6 Å². The highest BCUT2D eigenvalue weighted by Gasteiger charge is 2.16. The SMILES string of the molecule is Cc1nc(C(=O)Cl)c2cc(SCc3ccccc3)cc(F)c2n1. The Bertz CT molecular complexity index is 887. The molecule has 3 nitrogen and oxygen atoms in total. The van der Waals surface area contributed by atoms with Crippen molar-refractivity contribution in [1.29, 1.82) is 0 Å². The number of thioether (sulfide) groups is 1. The van der Waals surface area contributed by atoms with Gasteiger partial charge in [-0.25, -0.2) is 14.4 Å². The topological polar surface area (TPSA) is 42.9 Å². The van der Waals surface area contributed by atoms with Gasteiger partial charge in [-0.05, 0) is 36.2 Å². The van der Waals surface area contributed by atoms with Crippen LogP contribution in [0.25, 0.3) is 10.9 Å². The van der Waals surface area contributed by atoms with Crippen molar-refractivity contribution in [3.05, 3.63) is 65.4 Å². The second kappa shape index (κ2) is 6.64. The summed E-state index contributed by atoms with van der Waals surface area (Å²) in [7, 11) is 0. The number of aryl methyl sites for hydroxylation is 1. The lowest BCUT2D eigenvalue weighted by atomic mass is 10.2. The largest absolute Gasteiger partial charge is 0.274 e. The van der Waals surface area contributed by atoms with Crippen molar-refractivity contribution in [2.24, 2.45) is 0 Å². The molecular weight excluding hydrogens is 335 g/mol. The monoisotopic (exact) mass is 346 g/mol. The summed E-state index contributed by atoms with van der Waals surface area (Å²) in [5.41, 5.74) is 1.28. The van der Waals surface area contributed by atoms with Crippen LogP contribution in [0.1, 0.15) is 21.9 Å². The zero-order chi connectivity index (χ0) is 16.4. The fourth-order valence-corrected chi connectivity index (χ4v) is 3.31. The fourth-order valence-electron chi connectivity index (χ4n) is 2.25. The molecule has 0 aliphatic rings. The van der Waals surface area contributed by atoms with Gasteiger partial charge < -0.3 is 0 Å². The quantitative estimate of drug-likeness (QED) is 0.505. The molecule has 0 fully saturated rings. The molecule has 0 bridgehead atoms. The van der Waals surface area contributed by atoms with Gasteiger partial charge in [-0.3, -0.25) is 4.79 Å². The van der Waals surface area contributed by atoms with Gasteiger partial charge in [0, 0.05) is 16.0 Å². The normalized spacial score (nSPS) is 10.9. The van der Waals surface area contributed by atoms with Crippen molar-refractivity contribution in [1.82, 2.24) is 9.97 Å². The first kappa shape index (κ1) is 15.9. The zero-order valence-corrected chi connectivity index (χ0v) is 13.8. The van der Waals surface area contributed by atoms with Gasteiger partial charge in [-0.2, -0.15) is 0 Å². The van der Waals surface area contributed by atoms with E-state index in [-0.39, 0.29) is 11.2 Å². The van der Waals surface area contributed by atoms with Crippen LogP contribution >= 0.6 is 23.4 Å². The van der Waals surface area contributed by atoms with Crippen molar-refractivity contribution < 1.29 is 9.18 Å². The number of hydrogen-bond acceptors (Lipinski definition) is 4. The summed E-state index contributed by atoms with van der Waals surface area (Å²) in [5, 5.41) is -0.378. The third-order valence-corrected chi connectivity index (χ3v) is 4.50. The van der Waals surface area contributed by atoms with Crippen LogP contribution in [-0.4, -0.2) is 15.2 Å². The van der Waals surface area contributed by atoms with Gasteiger partial charge in [-0.15, -0.1) is 11.8 Å². The van der Waals surface area contributed by atoms with E-state index in [9.17, 15) is 9.18 Å². The second-order valence-electron chi connectivity index (χ2n) is 4.97. The molecule has 1 aromatic heterocycles. The summed E-state index contributed by atoms with van der Waals surface area (Å²) in [4.78, 5) is 20.4. The number of halogens is 2. The molecule has 0 saturated heterocycles. The van der Waals surface area contributed by atoms with E-state index >= 15 is 0 Å². The Balaban J connectivity index is 2.01. The Labute approximate surface area is 141 Å². The maximum atomic E-state index is 14.3. The van der Waals surface area contributed by atoms with Crippen molar-refractivity contribution in [2.45, 2.75) is 17.6 Å². The lowest BCUT2D eigenvalue weighted by Crippen LogP contribution is -2.02. The minimum absolute atomic E-state index is 0.0372. The van der Waals surface area contributed by atoms with Gasteiger partial charge in [0.05, 0.1) is 0 Å². The summed E-state index contributed by atoms with van der Waals surface area (Å²) in [5.74, 6) is 0.524. The summed E-state index contributed by atoms with van der Waals surface area (Å²) in [6, 6.07) is 13.0. The van der Waals surface area contributed by atoms with Crippen LogP contribution in [0.15, 0.2) is 47.4 Å². The van der Waals surface area contributed by atoms with Gasteiger partial charge in [0.2, 0.25) is 0 Å². The molecule has 6 heteroatoms. The smallest absolute Gasteiger partial charge is 0.271 e. The molecule has 0 aliphatic heterocycles. The molecule has 2 aromatic carbocycles. The summed E-state index contributed by atoms with van der Waals surface area (Å²) in [6.45, 7) is 1.60. The Morgan fingerprint density at radius 1 is 1.22 bits per heavy atom. The highest BCUT2D eigenvalue weighted by Crippen LogP contribution is 2.29. The Kier molecular flexibility index (Phi) is 4.59. The number of fused-ring (bicyclic) bond motifs is 1. The predicted octanol–water partition coefficient (Wildman–Crippen LogP) is 4.75. The molecule has 0 N–H and O–H groups in total. The first-order valence-electron chi connectivity index (χ1n) is 6.89. The molecule has 0 unspecified atom stereocenters. The average molecular weight is 347 g/mol. The molecule has 0 atom stereocenters. The number of carbonyl (C=O) groups is 1. The summed E-state index contributed by atoms with van der Waals surface area (Å²) >= 11 is 7.05. The zero-order valence-electron chi connectivity index (χ0n) is 12.2. The molecule has 3 rings (SSSR count). The Morgan fingerprint density at radius 2 is 1.96 bits per heavy atom. The number of benzene rings is 2. The number of nitrogens with zero attached hydrogens (tertiary/aromatic N) is 2. The Morgan fingerprint density at radius 3 is 2.65 bits per heavy atom. The van der Waals surface area contributed by atoms with Crippen LogP contribution in [0.2, 0.25) is 0 Å². The number of rotatable bonds is 4. The second-order valence-corrected chi connectivity index (χ2v) is 6.36. The van der Waals surface area contributed by atoms with Crippen molar-refractivity contribution in [3.8, 4) is 0 Å². The number of aromatic nitrogens is 2. The minimum Gasteiger partial charge on any atom is -0.274 e. The minimum atomic E-state index is -0.717. The molecule has 0 aliphatic carbocycles. The van der Waals surface area contributed by atoms with Gasteiger partial charge >= 0.3 is 0 Å². The first-order valence-corrected chi connectivity index (χ1v) is 8.25. The molecule has 3 aromatic rings. The van der Waals surface area contributed by atoms with Crippen LogP contribution in [0.3, 0.4) is 0 Å². The van der Waals surface area contributed by atoms with E-state index in [0.29, 0.717) is 21.9 Å². The molecule has 23 heavy (non-hydrogen) atoms. The predicted molar refractivity (Wildman–Crippen MR) is 90.4 cm³/mol. The average Bonchev–Trinajstić information content (AvgIpc) is 2.54. The van der Waals surface area contributed by atoms with E-state index in [0.717, 1.165) is 5.56 Å². The van der Waals surface area contributed by atoms with Crippen LogP contribution in [-0.2, 0) is 5.75 Å². The maximum absolute atomic E-state index is 14.3. The highest BCUT2D eigenvalue weighted by atomic mass is 35.5. The van der Waals surface area contributed by atoms with E-state index in [2.05, 4.69) is 9.97 Å². The van der Waals surface area contributed by atoms with E-state index in [1.807, 2.05) is 30.3 Å². The number of hydrogen-bond donors (Lipinski definition) is 0. The summed E-state index contributed by atoms with van der Waals surface area (Å²) in [6.07, 6.45) is 0. The third-order valence-electron chi connectivity index (χ3n) is 3.27. The lowest BCUT2D eigenvalue weighted by Gasteiger charge is -2.08. The van der Waals surface area contributed by atoms with E-state index in [1.165, 1.54) is 17.8 Å². The van der Waals surface area contributed by atoms with Gasteiger partial charge in [0.25, 0.3) is 5.24 Å². The maximum Gasteiger partial charge on any atom is 0.271 e. The fraction of sp³-hybridized carbons (Fsp3) is 0.118. The van der Waals surface area contributed by atoms with Gasteiger partial charge in [-0.1, -0.05) is 30.3 Å².